The lowest BCUT2D eigenvalue weighted by Crippen LogP contribution is -2.38. The van der Waals surface area contributed by atoms with Gasteiger partial charge in [0.05, 0.1) is 11.5 Å². The number of hydrogen-bond acceptors (Lipinski definition) is 5. The maximum atomic E-state index is 13.0. The Kier molecular flexibility index (Phi) is 9.14. The van der Waals surface area contributed by atoms with Crippen molar-refractivity contribution in [1.82, 2.24) is 9.88 Å². The van der Waals surface area contributed by atoms with Gasteiger partial charge in [0.1, 0.15) is 5.75 Å². The lowest BCUT2D eigenvalue weighted by Gasteiger charge is -2.41. The summed E-state index contributed by atoms with van der Waals surface area (Å²) < 4.78 is 7.96. The number of thiophene rings is 1. The number of carbonyl (C=O) groups excluding carboxylic acids is 1. The Labute approximate surface area is 206 Å². The third-order valence-corrected chi connectivity index (χ3v) is 7.50. The molecule has 2 N–H and O–H groups in total. The third-order valence-electron chi connectivity index (χ3n) is 6.63. The predicted molar refractivity (Wildman–Crippen MR) is 138 cm³/mol. The molecule has 2 aromatic heterocycles. The summed E-state index contributed by atoms with van der Waals surface area (Å²) in [5, 5.41) is 14.1. The molecule has 0 saturated heterocycles. The largest absolute Gasteiger partial charge is 0.493 e. The molecule has 2 aromatic rings. The molecule has 0 spiro atoms. The standard InChI is InChI=1S/C27H38N2O4S/c1-19(2)9-10-20-16-21-22(18-27(20,3)4)29(12-7-13-30)25(31)17-23(21)33-14-6-11-28-26(32)24-8-5-15-34-24/h5,8-9,15,17,20,30H,6-7,10-14,16,18H2,1-4H3,(H,28,32). The number of allylic oxidation sites excluding steroid dienone is 2. The fourth-order valence-corrected chi connectivity index (χ4v) is 5.21. The average Bonchev–Trinajstić information content (AvgIpc) is 3.31. The van der Waals surface area contributed by atoms with Gasteiger partial charge in [-0.15, -0.1) is 11.3 Å². The molecule has 0 fully saturated rings. The van der Waals surface area contributed by atoms with E-state index in [4.69, 9.17) is 4.74 Å². The number of aliphatic hydroxyl groups excluding tert-OH is 1. The zero-order valence-corrected chi connectivity index (χ0v) is 21.7. The SMILES string of the molecule is CC(C)=CCC1Cc2c(OCCCNC(=O)c3cccs3)cc(=O)n(CCCO)c2CC1(C)C. The molecule has 6 nitrogen and oxygen atoms in total. The zero-order valence-electron chi connectivity index (χ0n) is 20.9. The minimum Gasteiger partial charge on any atom is -0.493 e. The lowest BCUT2D eigenvalue weighted by atomic mass is 9.66. The number of nitrogens with zero attached hydrogens (tertiary/aromatic N) is 1. The van der Waals surface area contributed by atoms with Crippen molar-refractivity contribution in [3.05, 3.63) is 61.7 Å². The molecule has 186 valence electrons. The first-order chi connectivity index (χ1) is 16.2. The van der Waals surface area contributed by atoms with Gasteiger partial charge in [-0.25, -0.2) is 0 Å². The van der Waals surface area contributed by atoms with Crippen LogP contribution in [0.15, 0.2) is 40.0 Å². The topological polar surface area (TPSA) is 80.6 Å². The Bertz CT molecular complexity index is 1050. The summed E-state index contributed by atoms with van der Waals surface area (Å²) in [5.41, 5.74) is 3.45. The molecular weight excluding hydrogens is 448 g/mol. The van der Waals surface area contributed by atoms with E-state index < -0.39 is 0 Å². The van der Waals surface area contributed by atoms with Crippen LogP contribution in [0.5, 0.6) is 5.75 Å². The highest BCUT2D eigenvalue weighted by Gasteiger charge is 2.37. The molecular formula is C27H38N2O4S. The summed E-state index contributed by atoms with van der Waals surface area (Å²) in [5.74, 6) is 1.05. The summed E-state index contributed by atoms with van der Waals surface area (Å²) in [7, 11) is 0. The van der Waals surface area contributed by atoms with E-state index in [-0.39, 0.29) is 23.5 Å². The van der Waals surface area contributed by atoms with E-state index in [0.717, 1.165) is 30.5 Å². The monoisotopic (exact) mass is 486 g/mol. The molecule has 7 heteroatoms. The molecule has 1 atom stereocenters. The number of carbonyl (C=O) groups is 1. The van der Waals surface area contributed by atoms with Gasteiger partial charge in [0.2, 0.25) is 0 Å². The van der Waals surface area contributed by atoms with Gasteiger partial charge in [-0.05, 0) is 68.7 Å². The van der Waals surface area contributed by atoms with Crippen LogP contribution in [0.1, 0.15) is 67.9 Å². The number of aliphatic hydroxyl groups is 1. The van der Waals surface area contributed by atoms with E-state index in [9.17, 15) is 14.7 Å². The fraction of sp³-hybridized carbons (Fsp3) is 0.556. The second-order valence-electron chi connectivity index (χ2n) is 10.0. The number of nitrogens with one attached hydrogen (secondary N) is 1. The molecule has 1 aliphatic carbocycles. The predicted octanol–water partition coefficient (Wildman–Crippen LogP) is 4.59. The van der Waals surface area contributed by atoms with Gasteiger partial charge in [0, 0.05) is 37.0 Å². The van der Waals surface area contributed by atoms with Crippen molar-refractivity contribution in [3.63, 3.8) is 0 Å². The van der Waals surface area contributed by atoms with Crippen molar-refractivity contribution >= 4 is 17.2 Å². The van der Waals surface area contributed by atoms with Crippen molar-refractivity contribution in [1.29, 1.82) is 0 Å². The summed E-state index contributed by atoms with van der Waals surface area (Å²) in [6, 6.07) is 5.28. The molecule has 0 saturated carbocycles. The van der Waals surface area contributed by atoms with E-state index in [0.29, 0.717) is 49.1 Å². The minimum absolute atomic E-state index is 0.0526. The maximum Gasteiger partial charge on any atom is 0.261 e. The van der Waals surface area contributed by atoms with Gasteiger partial charge < -0.3 is 19.7 Å². The molecule has 2 heterocycles. The van der Waals surface area contributed by atoms with Crippen molar-refractivity contribution in [2.45, 2.75) is 66.3 Å². The number of pyridine rings is 1. The van der Waals surface area contributed by atoms with E-state index >= 15 is 0 Å². The number of aromatic nitrogens is 1. The number of amides is 1. The minimum atomic E-state index is -0.0771. The zero-order chi connectivity index (χ0) is 24.7. The Morgan fingerprint density at radius 1 is 1.35 bits per heavy atom. The molecule has 0 bridgehead atoms. The van der Waals surface area contributed by atoms with Crippen LogP contribution in [-0.2, 0) is 19.4 Å². The number of ether oxygens (including phenoxy) is 1. The summed E-state index contributed by atoms with van der Waals surface area (Å²) in [4.78, 5) is 25.8. The fourth-order valence-electron chi connectivity index (χ4n) is 4.57. The van der Waals surface area contributed by atoms with Gasteiger partial charge in [-0.2, -0.15) is 0 Å². The molecule has 0 radical (unpaired) electrons. The molecule has 34 heavy (non-hydrogen) atoms. The highest BCUT2D eigenvalue weighted by atomic mass is 32.1. The van der Waals surface area contributed by atoms with Gasteiger partial charge in [-0.3, -0.25) is 9.59 Å². The highest BCUT2D eigenvalue weighted by molar-refractivity contribution is 7.12. The van der Waals surface area contributed by atoms with Gasteiger partial charge in [-0.1, -0.05) is 31.6 Å². The third kappa shape index (κ3) is 6.60. The molecule has 1 unspecified atom stereocenters. The normalized spacial score (nSPS) is 16.6. The number of rotatable bonds is 11. The van der Waals surface area contributed by atoms with Crippen LogP contribution < -0.4 is 15.6 Å². The van der Waals surface area contributed by atoms with Crippen LogP contribution in [0.25, 0.3) is 0 Å². The molecule has 1 aliphatic rings. The van der Waals surface area contributed by atoms with E-state index in [1.54, 1.807) is 6.07 Å². The van der Waals surface area contributed by atoms with Gasteiger partial charge >= 0.3 is 0 Å². The Morgan fingerprint density at radius 2 is 2.15 bits per heavy atom. The molecule has 1 amide bonds. The van der Waals surface area contributed by atoms with Crippen molar-refractivity contribution in [2.75, 3.05) is 19.8 Å². The first-order valence-electron chi connectivity index (χ1n) is 12.2. The lowest BCUT2D eigenvalue weighted by molar-refractivity contribution is 0.0955. The molecule has 3 rings (SSSR count). The van der Waals surface area contributed by atoms with Gasteiger partial charge in [0.25, 0.3) is 11.5 Å². The Hall–Kier alpha value is -2.38. The second kappa shape index (κ2) is 11.8. The van der Waals surface area contributed by atoms with Crippen LogP contribution in [0.4, 0.5) is 0 Å². The van der Waals surface area contributed by atoms with Gasteiger partial charge in [0.15, 0.2) is 0 Å². The maximum absolute atomic E-state index is 13.0. The van der Waals surface area contributed by atoms with E-state index in [1.807, 2.05) is 22.1 Å². The number of hydrogen-bond donors (Lipinski definition) is 2. The summed E-state index contributed by atoms with van der Waals surface area (Å²) in [6.07, 6.45) is 6.17. The van der Waals surface area contributed by atoms with Crippen molar-refractivity contribution in [3.8, 4) is 5.75 Å². The van der Waals surface area contributed by atoms with Crippen LogP contribution in [0.3, 0.4) is 0 Å². The second-order valence-corrected chi connectivity index (χ2v) is 11.0. The first-order valence-corrected chi connectivity index (χ1v) is 13.0. The summed E-state index contributed by atoms with van der Waals surface area (Å²) >= 11 is 1.42. The van der Waals surface area contributed by atoms with E-state index in [2.05, 4.69) is 39.1 Å². The van der Waals surface area contributed by atoms with Crippen LogP contribution in [0, 0.1) is 11.3 Å². The smallest absolute Gasteiger partial charge is 0.261 e. The Morgan fingerprint density at radius 3 is 2.82 bits per heavy atom. The molecule has 0 aromatic carbocycles. The van der Waals surface area contributed by atoms with Crippen LogP contribution >= 0.6 is 11.3 Å². The van der Waals surface area contributed by atoms with Crippen LogP contribution in [0.2, 0.25) is 0 Å². The quantitative estimate of drug-likeness (QED) is 0.360. The highest BCUT2D eigenvalue weighted by Crippen LogP contribution is 2.44. The first kappa shape index (κ1) is 26.2. The average molecular weight is 487 g/mol. The number of fused-ring (bicyclic) bond motifs is 1. The Balaban J connectivity index is 1.75. The van der Waals surface area contributed by atoms with E-state index in [1.165, 1.54) is 16.9 Å². The van der Waals surface area contributed by atoms with Crippen molar-refractivity contribution in [2.24, 2.45) is 11.3 Å². The van der Waals surface area contributed by atoms with Crippen molar-refractivity contribution < 1.29 is 14.6 Å². The van der Waals surface area contributed by atoms with Crippen LogP contribution in [-0.4, -0.2) is 35.3 Å². The molecule has 0 aliphatic heterocycles. The summed E-state index contributed by atoms with van der Waals surface area (Å²) in [6.45, 7) is 10.3.